The van der Waals surface area contributed by atoms with Crippen LogP contribution in [0, 0.1) is 11.8 Å². The van der Waals surface area contributed by atoms with E-state index < -0.39 is 0 Å². The smallest absolute Gasteiger partial charge is 0.00193 e. The number of likely N-dealkylation sites (tertiary alicyclic amines) is 1. The molecule has 0 aliphatic carbocycles. The van der Waals surface area contributed by atoms with Crippen molar-refractivity contribution in [1.82, 2.24) is 15.1 Å². The van der Waals surface area contributed by atoms with E-state index in [0.29, 0.717) is 0 Å². The topological polar surface area (TPSA) is 18.5 Å². The molecule has 0 radical (unpaired) electrons. The number of rotatable bonds is 5. The molecule has 16 heavy (non-hydrogen) atoms. The van der Waals surface area contributed by atoms with E-state index >= 15 is 0 Å². The quantitative estimate of drug-likeness (QED) is 0.749. The van der Waals surface area contributed by atoms with Crippen molar-refractivity contribution in [2.75, 3.05) is 53.4 Å². The highest BCUT2D eigenvalue weighted by atomic mass is 15.1. The minimum absolute atomic E-state index is 0.914. The van der Waals surface area contributed by atoms with Crippen molar-refractivity contribution in [2.24, 2.45) is 11.8 Å². The Hall–Kier alpha value is -0.120. The molecule has 0 aromatic rings. The zero-order chi connectivity index (χ0) is 11.4. The minimum atomic E-state index is 0.914. The highest BCUT2D eigenvalue weighted by Gasteiger charge is 2.21. The monoisotopic (exact) mass is 225 g/mol. The van der Waals surface area contributed by atoms with Gasteiger partial charge in [-0.05, 0) is 71.4 Å². The molecular formula is C13H27N3. The molecule has 2 aliphatic heterocycles. The normalized spacial score (nSPS) is 31.7. The highest BCUT2D eigenvalue weighted by molar-refractivity contribution is 4.76. The Labute approximate surface area is 100 Å². The van der Waals surface area contributed by atoms with Crippen LogP contribution < -0.4 is 5.32 Å². The fraction of sp³-hybridized carbons (Fsp3) is 1.00. The molecule has 2 unspecified atom stereocenters. The SMILES string of the molecule is CN(CCC1CCNC1)CC1CCN(C)C1. The maximum Gasteiger partial charge on any atom is 0.00193 e. The fourth-order valence-electron chi connectivity index (χ4n) is 3.07. The number of hydrogen-bond donors (Lipinski definition) is 1. The lowest BCUT2D eigenvalue weighted by atomic mass is 10.0. The Morgan fingerprint density at radius 1 is 1.31 bits per heavy atom. The van der Waals surface area contributed by atoms with Crippen LogP contribution >= 0.6 is 0 Å². The summed E-state index contributed by atoms with van der Waals surface area (Å²) in [5.74, 6) is 1.85. The number of nitrogens with zero attached hydrogens (tertiary/aromatic N) is 2. The van der Waals surface area contributed by atoms with Crippen molar-refractivity contribution in [1.29, 1.82) is 0 Å². The van der Waals surface area contributed by atoms with Gasteiger partial charge in [-0.3, -0.25) is 0 Å². The molecule has 2 heterocycles. The van der Waals surface area contributed by atoms with Gasteiger partial charge in [0.1, 0.15) is 0 Å². The summed E-state index contributed by atoms with van der Waals surface area (Å²) in [5, 5.41) is 3.45. The largest absolute Gasteiger partial charge is 0.316 e. The van der Waals surface area contributed by atoms with Gasteiger partial charge in [-0.1, -0.05) is 0 Å². The van der Waals surface area contributed by atoms with Gasteiger partial charge in [-0.25, -0.2) is 0 Å². The average molecular weight is 225 g/mol. The predicted molar refractivity (Wildman–Crippen MR) is 68.7 cm³/mol. The maximum atomic E-state index is 3.45. The van der Waals surface area contributed by atoms with Crippen molar-refractivity contribution in [3.05, 3.63) is 0 Å². The van der Waals surface area contributed by atoms with Gasteiger partial charge in [0.25, 0.3) is 0 Å². The first-order valence-electron chi connectivity index (χ1n) is 6.82. The molecule has 0 saturated carbocycles. The molecule has 2 rings (SSSR count). The molecule has 2 aliphatic rings. The molecule has 2 fully saturated rings. The van der Waals surface area contributed by atoms with Crippen LogP contribution in [-0.2, 0) is 0 Å². The van der Waals surface area contributed by atoms with Crippen LogP contribution in [0.15, 0.2) is 0 Å². The summed E-state index contributed by atoms with van der Waals surface area (Å²) in [5.41, 5.74) is 0. The van der Waals surface area contributed by atoms with Gasteiger partial charge >= 0.3 is 0 Å². The van der Waals surface area contributed by atoms with Crippen LogP contribution in [0.25, 0.3) is 0 Å². The summed E-state index contributed by atoms with van der Waals surface area (Å²) in [7, 11) is 4.53. The van der Waals surface area contributed by atoms with Crippen molar-refractivity contribution >= 4 is 0 Å². The van der Waals surface area contributed by atoms with E-state index in [9.17, 15) is 0 Å². The molecule has 94 valence electrons. The summed E-state index contributed by atoms with van der Waals surface area (Å²) in [6.45, 7) is 7.67. The van der Waals surface area contributed by atoms with Crippen molar-refractivity contribution in [3.8, 4) is 0 Å². The third-order valence-electron chi connectivity index (χ3n) is 4.14. The van der Waals surface area contributed by atoms with E-state index in [1.165, 1.54) is 58.5 Å². The van der Waals surface area contributed by atoms with Gasteiger partial charge in [0, 0.05) is 13.1 Å². The molecule has 0 bridgehead atoms. The van der Waals surface area contributed by atoms with Crippen LogP contribution in [0.5, 0.6) is 0 Å². The Bertz CT molecular complexity index is 201. The van der Waals surface area contributed by atoms with Gasteiger partial charge < -0.3 is 15.1 Å². The molecule has 3 heteroatoms. The summed E-state index contributed by atoms with van der Waals surface area (Å²) >= 11 is 0. The predicted octanol–water partition coefficient (Wildman–Crippen LogP) is 0.870. The Morgan fingerprint density at radius 2 is 2.19 bits per heavy atom. The zero-order valence-electron chi connectivity index (χ0n) is 10.9. The standard InChI is InChI=1S/C13H27N3/c1-15(7-4-12-3-6-14-9-12)10-13-5-8-16(2)11-13/h12-14H,3-11H2,1-2H3. The molecule has 2 saturated heterocycles. The first-order valence-corrected chi connectivity index (χ1v) is 6.82. The van der Waals surface area contributed by atoms with Gasteiger partial charge in [-0.2, -0.15) is 0 Å². The van der Waals surface area contributed by atoms with Gasteiger partial charge in [0.15, 0.2) is 0 Å². The molecule has 2 atom stereocenters. The summed E-state index contributed by atoms with van der Waals surface area (Å²) in [6.07, 6.45) is 4.16. The minimum Gasteiger partial charge on any atom is -0.316 e. The molecule has 3 nitrogen and oxygen atoms in total. The van der Waals surface area contributed by atoms with Crippen LogP contribution in [-0.4, -0.2) is 63.2 Å². The van der Waals surface area contributed by atoms with Crippen LogP contribution in [0.2, 0.25) is 0 Å². The molecule has 0 amide bonds. The fourth-order valence-corrected chi connectivity index (χ4v) is 3.07. The second kappa shape index (κ2) is 5.99. The molecule has 1 N–H and O–H groups in total. The summed E-state index contributed by atoms with van der Waals surface area (Å²) < 4.78 is 0. The molecule has 0 aromatic heterocycles. The third kappa shape index (κ3) is 3.72. The van der Waals surface area contributed by atoms with Crippen molar-refractivity contribution in [2.45, 2.75) is 19.3 Å². The van der Waals surface area contributed by atoms with E-state index in [4.69, 9.17) is 0 Å². The van der Waals surface area contributed by atoms with E-state index in [0.717, 1.165) is 11.8 Å². The lowest BCUT2D eigenvalue weighted by Gasteiger charge is -2.22. The number of hydrogen-bond acceptors (Lipinski definition) is 3. The van der Waals surface area contributed by atoms with Crippen molar-refractivity contribution < 1.29 is 0 Å². The summed E-state index contributed by atoms with van der Waals surface area (Å²) in [4.78, 5) is 5.00. The first-order chi connectivity index (χ1) is 7.74. The van der Waals surface area contributed by atoms with Crippen LogP contribution in [0.1, 0.15) is 19.3 Å². The van der Waals surface area contributed by atoms with Gasteiger partial charge in [0.2, 0.25) is 0 Å². The average Bonchev–Trinajstić information content (AvgIpc) is 2.87. The lowest BCUT2D eigenvalue weighted by molar-refractivity contribution is 0.257. The van der Waals surface area contributed by atoms with Gasteiger partial charge in [-0.15, -0.1) is 0 Å². The molecule has 0 spiro atoms. The number of nitrogens with one attached hydrogen (secondary N) is 1. The van der Waals surface area contributed by atoms with Crippen LogP contribution in [0.4, 0.5) is 0 Å². The molecular weight excluding hydrogens is 198 g/mol. The lowest BCUT2D eigenvalue weighted by Crippen LogP contribution is -2.29. The van der Waals surface area contributed by atoms with E-state index in [1.807, 2.05) is 0 Å². The highest BCUT2D eigenvalue weighted by Crippen LogP contribution is 2.17. The van der Waals surface area contributed by atoms with Crippen LogP contribution in [0.3, 0.4) is 0 Å². The Balaban J connectivity index is 1.58. The van der Waals surface area contributed by atoms with E-state index in [-0.39, 0.29) is 0 Å². The van der Waals surface area contributed by atoms with Crippen molar-refractivity contribution in [3.63, 3.8) is 0 Å². The summed E-state index contributed by atoms with van der Waals surface area (Å²) in [6, 6.07) is 0. The zero-order valence-corrected chi connectivity index (χ0v) is 10.9. The first kappa shape index (κ1) is 12.3. The van der Waals surface area contributed by atoms with Gasteiger partial charge in [0.05, 0.1) is 0 Å². The Morgan fingerprint density at radius 3 is 2.81 bits per heavy atom. The maximum absolute atomic E-state index is 3.45. The second-order valence-electron chi connectivity index (χ2n) is 5.83. The van der Waals surface area contributed by atoms with E-state index in [2.05, 4.69) is 29.2 Å². The molecule has 0 aromatic carbocycles. The Kier molecular flexibility index (Phi) is 4.62. The second-order valence-corrected chi connectivity index (χ2v) is 5.83. The van der Waals surface area contributed by atoms with E-state index in [1.54, 1.807) is 0 Å². The third-order valence-corrected chi connectivity index (χ3v) is 4.14.